The normalized spacial score (nSPS) is 30.6. The highest BCUT2D eigenvalue weighted by atomic mass is 16.2. The molecule has 0 spiro atoms. The molecule has 2 amide bonds. The predicted molar refractivity (Wildman–Crippen MR) is 79.2 cm³/mol. The van der Waals surface area contributed by atoms with Gasteiger partial charge >= 0.3 is 0 Å². The van der Waals surface area contributed by atoms with E-state index in [0.717, 1.165) is 25.7 Å². The Morgan fingerprint density at radius 2 is 1.80 bits per heavy atom. The minimum Gasteiger partial charge on any atom is -0.342 e. The van der Waals surface area contributed by atoms with Crippen molar-refractivity contribution < 1.29 is 9.59 Å². The number of rotatable bonds is 2. The quantitative estimate of drug-likeness (QED) is 0.844. The van der Waals surface area contributed by atoms with Gasteiger partial charge in [0.2, 0.25) is 11.8 Å². The number of piperazine rings is 1. The van der Waals surface area contributed by atoms with Crippen LogP contribution in [0.25, 0.3) is 0 Å². The molecule has 1 saturated carbocycles. The molecule has 0 aromatic heterocycles. The molecule has 4 heteroatoms. The smallest absolute Gasteiger partial charge is 0.246 e. The molecule has 2 rings (SSSR count). The zero-order valence-electron chi connectivity index (χ0n) is 13.5. The zero-order valence-corrected chi connectivity index (χ0v) is 13.5. The van der Waals surface area contributed by atoms with Crippen LogP contribution in [-0.2, 0) is 9.59 Å². The van der Waals surface area contributed by atoms with E-state index in [1.807, 2.05) is 32.6 Å². The van der Waals surface area contributed by atoms with Gasteiger partial charge in [0.15, 0.2) is 0 Å². The van der Waals surface area contributed by atoms with Crippen LogP contribution in [0.3, 0.4) is 0 Å². The molecular weight excluding hydrogens is 252 g/mol. The molecule has 1 heterocycles. The summed E-state index contributed by atoms with van der Waals surface area (Å²) in [4.78, 5) is 27.3. The highest BCUT2D eigenvalue weighted by Gasteiger charge is 2.51. The van der Waals surface area contributed by atoms with Gasteiger partial charge in [-0.15, -0.1) is 0 Å². The van der Waals surface area contributed by atoms with Crippen molar-refractivity contribution in [1.82, 2.24) is 10.2 Å². The van der Waals surface area contributed by atoms with E-state index in [0.29, 0.717) is 6.42 Å². The van der Waals surface area contributed by atoms with E-state index in [2.05, 4.69) is 12.2 Å². The van der Waals surface area contributed by atoms with Crippen molar-refractivity contribution in [2.45, 2.75) is 84.3 Å². The molecule has 114 valence electrons. The summed E-state index contributed by atoms with van der Waals surface area (Å²) in [6, 6.07) is -0.709. The van der Waals surface area contributed by atoms with Gasteiger partial charge in [-0.3, -0.25) is 9.59 Å². The Labute approximate surface area is 122 Å². The fraction of sp³-hybridized carbons (Fsp3) is 0.875. The summed E-state index contributed by atoms with van der Waals surface area (Å²) in [7, 11) is 0. The summed E-state index contributed by atoms with van der Waals surface area (Å²) < 4.78 is 0. The maximum atomic E-state index is 13.0. The van der Waals surface area contributed by atoms with Gasteiger partial charge in [0, 0.05) is 5.54 Å². The Hall–Kier alpha value is -1.06. The van der Waals surface area contributed by atoms with E-state index in [4.69, 9.17) is 0 Å². The molecule has 1 saturated heterocycles. The number of hydrogen-bond donors (Lipinski definition) is 1. The van der Waals surface area contributed by atoms with Crippen LogP contribution in [0.5, 0.6) is 0 Å². The molecule has 0 aromatic carbocycles. The van der Waals surface area contributed by atoms with Gasteiger partial charge in [-0.25, -0.2) is 0 Å². The van der Waals surface area contributed by atoms with Crippen LogP contribution < -0.4 is 5.32 Å². The van der Waals surface area contributed by atoms with E-state index in [1.54, 1.807) is 0 Å². The third-order valence-corrected chi connectivity index (χ3v) is 4.90. The summed E-state index contributed by atoms with van der Waals surface area (Å²) in [5.74, 6) is 0.119. The second-order valence-corrected chi connectivity index (χ2v) is 7.64. The minimum atomic E-state index is -0.407. The molecule has 0 radical (unpaired) electrons. The fourth-order valence-corrected chi connectivity index (χ4v) is 3.68. The molecular formula is C16H28N2O2. The highest BCUT2D eigenvalue weighted by Crippen LogP contribution is 2.39. The SMILES string of the molecule is CCC1C(=O)NC(C(C)(C)C)C(=O)N1C1(C)CCCC1. The number of hydrogen-bond acceptors (Lipinski definition) is 2. The van der Waals surface area contributed by atoms with E-state index >= 15 is 0 Å². The van der Waals surface area contributed by atoms with Gasteiger partial charge in [0.1, 0.15) is 12.1 Å². The Kier molecular flexibility index (Phi) is 3.87. The van der Waals surface area contributed by atoms with Gasteiger partial charge in [-0.1, -0.05) is 40.5 Å². The van der Waals surface area contributed by atoms with Crippen LogP contribution in [0.15, 0.2) is 0 Å². The van der Waals surface area contributed by atoms with Crippen LogP contribution >= 0.6 is 0 Å². The van der Waals surface area contributed by atoms with Crippen LogP contribution in [0.1, 0.15) is 66.7 Å². The third-order valence-electron chi connectivity index (χ3n) is 4.90. The number of amides is 2. The first-order valence-corrected chi connectivity index (χ1v) is 7.84. The summed E-state index contributed by atoms with van der Waals surface area (Å²) >= 11 is 0. The molecule has 0 bridgehead atoms. The van der Waals surface area contributed by atoms with E-state index in [-0.39, 0.29) is 28.8 Å². The fourth-order valence-electron chi connectivity index (χ4n) is 3.68. The van der Waals surface area contributed by atoms with Gasteiger partial charge in [-0.2, -0.15) is 0 Å². The maximum Gasteiger partial charge on any atom is 0.246 e. The van der Waals surface area contributed by atoms with E-state index in [9.17, 15) is 9.59 Å². The summed E-state index contributed by atoms with van der Waals surface area (Å²) in [6.07, 6.45) is 5.01. The number of nitrogens with zero attached hydrogens (tertiary/aromatic N) is 1. The molecule has 1 aliphatic heterocycles. The lowest BCUT2D eigenvalue weighted by Crippen LogP contribution is -2.70. The Morgan fingerprint density at radius 3 is 2.25 bits per heavy atom. The Balaban J connectivity index is 2.38. The van der Waals surface area contributed by atoms with Gasteiger partial charge in [0.05, 0.1) is 0 Å². The molecule has 1 N–H and O–H groups in total. The third kappa shape index (κ3) is 2.45. The first-order valence-electron chi connectivity index (χ1n) is 7.84. The zero-order chi connectivity index (χ0) is 15.1. The lowest BCUT2D eigenvalue weighted by molar-refractivity contribution is -0.159. The Bertz CT molecular complexity index is 405. The summed E-state index contributed by atoms with van der Waals surface area (Å²) in [6.45, 7) is 10.2. The van der Waals surface area contributed by atoms with Crippen molar-refractivity contribution in [2.24, 2.45) is 5.41 Å². The average Bonchev–Trinajstić information content (AvgIpc) is 2.77. The van der Waals surface area contributed by atoms with Crippen molar-refractivity contribution in [3.05, 3.63) is 0 Å². The number of carbonyl (C=O) groups excluding carboxylic acids is 2. The summed E-state index contributed by atoms with van der Waals surface area (Å²) in [5, 5.41) is 2.95. The second kappa shape index (κ2) is 5.05. The van der Waals surface area contributed by atoms with Gasteiger partial charge < -0.3 is 10.2 Å². The highest BCUT2D eigenvalue weighted by molar-refractivity contribution is 5.97. The Morgan fingerprint density at radius 1 is 1.25 bits per heavy atom. The monoisotopic (exact) mass is 280 g/mol. The molecule has 4 nitrogen and oxygen atoms in total. The molecule has 2 fully saturated rings. The van der Waals surface area contributed by atoms with Crippen LogP contribution in [0.2, 0.25) is 0 Å². The molecule has 1 aliphatic carbocycles. The van der Waals surface area contributed by atoms with Crippen molar-refractivity contribution in [3.8, 4) is 0 Å². The van der Waals surface area contributed by atoms with Crippen LogP contribution in [0, 0.1) is 5.41 Å². The summed E-state index contributed by atoms with van der Waals surface area (Å²) in [5.41, 5.74) is -0.391. The number of nitrogens with one attached hydrogen (secondary N) is 1. The molecule has 20 heavy (non-hydrogen) atoms. The standard InChI is InChI=1S/C16H28N2O2/c1-6-11-13(19)17-12(15(2,3)4)14(20)18(11)16(5)9-7-8-10-16/h11-12H,6-10H2,1-5H3,(H,17,19). The topological polar surface area (TPSA) is 49.4 Å². The first kappa shape index (κ1) is 15.3. The lowest BCUT2D eigenvalue weighted by atomic mass is 9.81. The van der Waals surface area contributed by atoms with Crippen molar-refractivity contribution in [3.63, 3.8) is 0 Å². The van der Waals surface area contributed by atoms with Crippen molar-refractivity contribution >= 4 is 11.8 Å². The predicted octanol–water partition coefficient (Wildman–Crippen LogP) is 2.47. The lowest BCUT2D eigenvalue weighted by Gasteiger charge is -2.50. The average molecular weight is 280 g/mol. The first-order chi connectivity index (χ1) is 9.20. The van der Waals surface area contributed by atoms with E-state index in [1.165, 1.54) is 0 Å². The molecule has 0 aromatic rings. The van der Waals surface area contributed by atoms with E-state index < -0.39 is 6.04 Å². The largest absolute Gasteiger partial charge is 0.342 e. The van der Waals surface area contributed by atoms with Crippen molar-refractivity contribution in [1.29, 1.82) is 0 Å². The molecule has 2 unspecified atom stereocenters. The molecule has 2 atom stereocenters. The maximum absolute atomic E-state index is 13.0. The van der Waals surface area contributed by atoms with Crippen LogP contribution in [-0.4, -0.2) is 34.3 Å². The second-order valence-electron chi connectivity index (χ2n) is 7.64. The molecule has 2 aliphatic rings. The van der Waals surface area contributed by atoms with Crippen LogP contribution in [0.4, 0.5) is 0 Å². The number of carbonyl (C=O) groups is 2. The van der Waals surface area contributed by atoms with Crippen molar-refractivity contribution in [2.75, 3.05) is 0 Å². The van der Waals surface area contributed by atoms with Gasteiger partial charge in [0.25, 0.3) is 0 Å². The minimum absolute atomic E-state index is 0.0140. The van der Waals surface area contributed by atoms with Gasteiger partial charge in [-0.05, 0) is 31.6 Å².